The van der Waals surface area contributed by atoms with Crippen LogP contribution >= 0.6 is 0 Å². The van der Waals surface area contributed by atoms with E-state index < -0.39 is 0 Å². The van der Waals surface area contributed by atoms with Gasteiger partial charge in [0.1, 0.15) is 11.6 Å². The lowest BCUT2D eigenvalue weighted by Gasteiger charge is -2.31. The number of pyridine rings is 1. The summed E-state index contributed by atoms with van der Waals surface area (Å²) in [5.41, 5.74) is 1.58. The summed E-state index contributed by atoms with van der Waals surface area (Å²) in [6, 6.07) is 10.1. The van der Waals surface area contributed by atoms with Gasteiger partial charge in [-0.05, 0) is 42.7 Å². The molecular formula is C19H22FN3O. The summed E-state index contributed by atoms with van der Waals surface area (Å²) < 4.78 is 13.3. The van der Waals surface area contributed by atoms with Gasteiger partial charge in [0, 0.05) is 24.8 Å². The number of hydrogen-bond acceptors (Lipinski definition) is 2. The number of anilines is 1. The highest BCUT2D eigenvalue weighted by Crippen LogP contribution is 2.23. The van der Waals surface area contributed by atoms with Crippen LogP contribution in [0.2, 0.25) is 0 Å². The fraction of sp³-hybridized carbons (Fsp3) is 0.368. The quantitative estimate of drug-likeness (QED) is 0.889. The molecule has 0 atom stereocenters. The largest absolute Gasteiger partial charge is 0.325 e. The van der Waals surface area contributed by atoms with Gasteiger partial charge in [-0.1, -0.05) is 31.4 Å². The minimum atomic E-state index is -0.279. The van der Waals surface area contributed by atoms with Gasteiger partial charge in [-0.15, -0.1) is 0 Å². The van der Waals surface area contributed by atoms with Crippen LogP contribution in [-0.4, -0.2) is 29.0 Å². The summed E-state index contributed by atoms with van der Waals surface area (Å²) in [5.74, 6) is 0.224. The predicted molar refractivity (Wildman–Crippen MR) is 93.3 cm³/mol. The van der Waals surface area contributed by atoms with Gasteiger partial charge in [-0.25, -0.2) is 14.2 Å². The number of carbonyl (C=O) groups is 1. The number of aromatic nitrogens is 1. The molecule has 126 valence electrons. The topological polar surface area (TPSA) is 45.2 Å². The molecule has 1 aromatic heterocycles. The highest BCUT2D eigenvalue weighted by molar-refractivity contribution is 5.88. The fourth-order valence-electron chi connectivity index (χ4n) is 3.14. The molecule has 0 radical (unpaired) electrons. The van der Waals surface area contributed by atoms with E-state index in [1.54, 1.807) is 23.2 Å². The number of benzene rings is 1. The molecule has 1 aliphatic rings. The van der Waals surface area contributed by atoms with Gasteiger partial charge in [0.25, 0.3) is 0 Å². The molecule has 0 saturated heterocycles. The van der Waals surface area contributed by atoms with Gasteiger partial charge >= 0.3 is 6.03 Å². The Morgan fingerprint density at radius 3 is 2.62 bits per heavy atom. The van der Waals surface area contributed by atoms with Crippen molar-refractivity contribution in [1.29, 1.82) is 0 Å². The summed E-state index contributed by atoms with van der Waals surface area (Å²) in [5, 5.41) is 2.83. The zero-order chi connectivity index (χ0) is 16.9. The number of amides is 2. The molecule has 3 rings (SSSR count). The highest BCUT2D eigenvalue weighted by atomic mass is 19.1. The van der Waals surface area contributed by atoms with Crippen LogP contribution in [0.1, 0.15) is 32.1 Å². The Labute approximate surface area is 141 Å². The van der Waals surface area contributed by atoms with Gasteiger partial charge in [-0.2, -0.15) is 0 Å². The third-order valence-electron chi connectivity index (χ3n) is 4.60. The average Bonchev–Trinajstić information content (AvgIpc) is 2.62. The SMILES string of the molecule is CN(C(=O)Nc1ccc(-c2cccc(F)c2)cn1)C1CCCCC1. The molecule has 0 aliphatic heterocycles. The Morgan fingerprint density at radius 1 is 1.17 bits per heavy atom. The van der Waals surface area contributed by atoms with Crippen LogP contribution in [0.3, 0.4) is 0 Å². The minimum absolute atomic E-state index is 0.132. The molecule has 2 amide bonds. The van der Waals surface area contributed by atoms with Crippen LogP contribution in [0.25, 0.3) is 11.1 Å². The number of urea groups is 1. The van der Waals surface area contributed by atoms with Crippen LogP contribution < -0.4 is 5.32 Å². The van der Waals surface area contributed by atoms with E-state index in [0.29, 0.717) is 11.9 Å². The number of rotatable bonds is 3. The van der Waals surface area contributed by atoms with E-state index in [4.69, 9.17) is 0 Å². The predicted octanol–water partition coefficient (Wildman–Crippen LogP) is 4.68. The van der Waals surface area contributed by atoms with Crippen LogP contribution in [0, 0.1) is 5.82 Å². The first kappa shape index (κ1) is 16.4. The van der Waals surface area contributed by atoms with Crippen molar-refractivity contribution in [2.45, 2.75) is 38.1 Å². The smallest absolute Gasteiger partial charge is 0.322 e. The van der Waals surface area contributed by atoms with E-state index in [1.165, 1.54) is 31.4 Å². The molecule has 0 bridgehead atoms. The third-order valence-corrected chi connectivity index (χ3v) is 4.60. The lowest BCUT2D eigenvalue weighted by Crippen LogP contribution is -2.41. The molecule has 1 heterocycles. The van der Waals surface area contributed by atoms with E-state index >= 15 is 0 Å². The molecule has 1 saturated carbocycles. The van der Waals surface area contributed by atoms with Crippen molar-refractivity contribution in [3.63, 3.8) is 0 Å². The molecular weight excluding hydrogens is 305 g/mol. The van der Waals surface area contributed by atoms with Crippen molar-refractivity contribution in [2.75, 3.05) is 12.4 Å². The van der Waals surface area contributed by atoms with Gasteiger partial charge in [0.15, 0.2) is 0 Å². The molecule has 5 heteroatoms. The van der Waals surface area contributed by atoms with E-state index in [1.807, 2.05) is 19.2 Å². The van der Waals surface area contributed by atoms with E-state index in [2.05, 4.69) is 10.3 Å². The maximum atomic E-state index is 13.3. The van der Waals surface area contributed by atoms with Gasteiger partial charge in [0.2, 0.25) is 0 Å². The number of hydrogen-bond donors (Lipinski definition) is 1. The van der Waals surface area contributed by atoms with Crippen molar-refractivity contribution >= 4 is 11.8 Å². The summed E-state index contributed by atoms with van der Waals surface area (Å²) >= 11 is 0. The van der Waals surface area contributed by atoms with Crippen LogP contribution in [-0.2, 0) is 0 Å². The van der Waals surface area contributed by atoms with Gasteiger partial charge in [0.05, 0.1) is 0 Å². The number of carbonyl (C=O) groups excluding carboxylic acids is 1. The summed E-state index contributed by atoms with van der Waals surface area (Å²) in [6.07, 6.45) is 7.40. The van der Waals surface area contributed by atoms with Gasteiger partial charge in [-0.3, -0.25) is 5.32 Å². The number of nitrogens with one attached hydrogen (secondary N) is 1. The van der Waals surface area contributed by atoms with Crippen molar-refractivity contribution in [2.24, 2.45) is 0 Å². The van der Waals surface area contributed by atoms with Crippen molar-refractivity contribution in [3.8, 4) is 11.1 Å². The monoisotopic (exact) mass is 327 g/mol. The molecule has 1 aliphatic carbocycles. The Balaban J connectivity index is 1.64. The zero-order valence-electron chi connectivity index (χ0n) is 13.8. The maximum absolute atomic E-state index is 13.3. The van der Waals surface area contributed by atoms with E-state index in [0.717, 1.165) is 24.0 Å². The molecule has 1 fully saturated rings. The van der Waals surface area contributed by atoms with Gasteiger partial charge < -0.3 is 4.90 Å². The standard InChI is InChI=1S/C19H22FN3O/c1-23(17-8-3-2-4-9-17)19(24)22-18-11-10-15(13-21-18)14-6-5-7-16(20)12-14/h5-7,10-13,17H,2-4,8-9H2,1H3,(H,21,22,24). The Morgan fingerprint density at radius 2 is 1.96 bits per heavy atom. The van der Waals surface area contributed by atoms with E-state index in [9.17, 15) is 9.18 Å². The lowest BCUT2D eigenvalue weighted by molar-refractivity contribution is 0.186. The normalized spacial score (nSPS) is 15.1. The van der Waals surface area contributed by atoms with Crippen molar-refractivity contribution in [3.05, 3.63) is 48.4 Å². The Hall–Kier alpha value is -2.43. The van der Waals surface area contributed by atoms with Crippen LogP contribution in [0.4, 0.5) is 15.0 Å². The molecule has 0 unspecified atom stereocenters. The molecule has 1 aromatic carbocycles. The first-order valence-corrected chi connectivity index (χ1v) is 8.39. The zero-order valence-corrected chi connectivity index (χ0v) is 13.8. The summed E-state index contributed by atoms with van der Waals surface area (Å²) in [4.78, 5) is 18.4. The molecule has 24 heavy (non-hydrogen) atoms. The Bertz CT molecular complexity index is 696. The first-order valence-electron chi connectivity index (χ1n) is 8.39. The maximum Gasteiger partial charge on any atom is 0.322 e. The average molecular weight is 327 g/mol. The minimum Gasteiger partial charge on any atom is -0.325 e. The lowest BCUT2D eigenvalue weighted by atomic mass is 9.95. The van der Waals surface area contributed by atoms with Crippen LogP contribution in [0.5, 0.6) is 0 Å². The first-order chi connectivity index (χ1) is 11.6. The Kier molecular flexibility index (Phi) is 5.08. The number of nitrogens with zero attached hydrogens (tertiary/aromatic N) is 2. The fourth-order valence-corrected chi connectivity index (χ4v) is 3.14. The molecule has 4 nitrogen and oxygen atoms in total. The second kappa shape index (κ2) is 7.43. The van der Waals surface area contributed by atoms with Crippen LogP contribution in [0.15, 0.2) is 42.6 Å². The molecule has 0 spiro atoms. The van der Waals surface area contributed by atoms with Crippen molar-refractivity contribution in [1.82, 2.24) is 9.88 Å². The molecule has 1 N–H and O–H groups in total. The highest BCUT2D eigenvalue weighted by Gasteiger charge is 2.22. The number of halogens is 1. The molecule has 2 aromatic rings. The van der Waals surface area contributed by atoms with Crippen molar-refractivity contribution < 1.29 is 9.18 Å². The third kappa shape index (κ3) is 3.91. The van der Waals surface area contributed by atoms with E-state index in [-0.39, 0.29) is 11.8 Å². The summed E-state index contributed by atoms with van der Waals surface area (Å²) in [6.45, 7) is 0. The second-order valence-electron chi connectivity index (χ2n) is 6.28. The summed E-state index contributed by atoms with van der Waals surface area (Å²) in [7, 11) is 1.84. The second-order valence-corrected chi connectivity index (χ2v) is 6.28.